The largest absolute Gasteiger partial charge is 0.375 e. The van der Waals surface area contributed by atoms with Crippen molar-refractivity contribution < 1.29 is 9.53 Å². The first-order valence-corrected chi connectivity index (χ1v) is 11.0. The summed E-state index contributed by atoms with van der Waals surface area (Å²) in [5, 5.41) is 14.6. The van der Waals surface area contributed by atoms with Gasteiger partial charge in [0, 0.05) is 39.7 Å². The molecular weight excluding hydrogens is 390 g/mol. The molecule has 1 amide bonds. The number of methoxy groups -OCH3 is 1. The fraction of sp³-hybridized carbons (Fsp3) is 0.458. The fourth-order valence-electron chi connectivity index (χ4n) is 4.32. The van der Waals surface area contributed by atoms with Crippen molar-refractivity contribution in [2.45, 2.75) is 39.4 Å². The number of carbonyl (C=O) groups is 1. The Hall–Kier alpha value is -2.77. The van der Waals surface area contributed by atoms with Gasteiger partial charge in [-0.3, -0.25) is 9.69 Å². The highest BCUT2D eigenvalue weighted by atomic mass is 16.5. The Morgan fingerprint density at radius 3 is 2.71 bits per heavy atom. The average Bonchev–Trinajstić information content (AvgIpc) is 3.05. The molecule has 2 heterocycles. The van der Waals surface area contributed by atoms with Crippen LogP contribution in [0.2, 0.25) is 0 Å². The van der Waals surface area contributed by atoms with Crippen LogP contribution in [-0.2, 0) is 29.0 Å². The minimum absolute atomic E-state index is 0.0447. The summed E-state index contributed by atoms with van der Waals surface area (Å²) in [7, 11) is 1.53. The number of rotatable bonds is 7. The highest BCUT2D eigenvalue weighted by molar-refractivity contribution is 5.85. The molecule has 4 rings (SSSR count). The van der Waals surface area contributed by atoms with E-state index in [9.17, 15) is 4.79 Å². The monoisotopic (exact) mass is 421 g/mol. The van der Waals surface area contributed by atoms with Crippen molar-refractivity contribution in [2.24, 2.45) is 5.92 Å². The first kappa shape index (κ1) is 21.5. The average molecular weight is 422 g/mol. The standard InChI is InChI=1S/C24H31N5O2/c1-17(2)23(25-22(30)16-31-3)24-27-26-21-11-12-28(13-14-29(21)24)15-19-9-6-8-18-7-4-5-10-20(18)19/h4-10,17,23H,11-16H2,1-3H3,(H,25,30). The molecule has 1 aromatic heterocycles. The predicted molar refractivity (Wildman–Crippen MR) is 121 cm³/mol. The summed E-state index contributed by atoms with van der Waals surface area (Å²) in [6, 6.07) is 14.9. The molecule has 1 atom stereocenters. The van der Waals surface area contributed by atoms with Gasteiger partial charge in [-0.05, 0) is 22.3 Å². The molecule has 0 fully saturated rings. The van der Waals surface area contributed by atoms with Crippen molar-refractivity contribution >= 4 is 16.7 Å². The Balaban J connectivity index is 1.50. The third-order valence-electron chi connectivity index (χ3n) is 5.96. The van der Waals surface area contributed by atoms with E-state index in [0.717, 1.165) is 44.2 Å². The van der Waals surface area contributed by atoms with Crippen LogP contribution in [-0.4, -0.2) is 52.4 Å². The van der Waals surface area contributed by atoms with E-state index in [1.54, 1.807) is 0 Å². The quantitative estimate of drug-likeness (QED) is 0.635. The van der Waals surface area contributed by atoms with Crippen molar-refractivity contribution in [1.29, 1.82) is 0 Å². The maximum absolute atomic E-state index is 12.1. The topological polar surface area (TPSA) is 72.3 Å². The van der Waals surface area contributed by atoms with Gasteiger partial charge in [0.2, 0.25) is 5.91 Å². The molecule has 0 spiro atoms. The number of hydrogen-bond acceptors (Lipinski definition) is 5. The van der Waals surface area contributed by atoms with Crippen LogP contribution in [0.25, 0.3) is 10.8 Å². The summed E-state index contributed by atoms with van der Waals surface area (Å²) in [5.74, 6) is 1.89. The van der Waals surface area contributed by atoms with Crippen molar-refractivity contribution in [3.8, 4) is 0 Å². The van der Waals surface area contributed by atoms with Gasteiger partial charge in [-0.15, -0.1) is 10.2 Å². The number of ether oxygens (including phenoxy) is 1. The van der Waals surface area contributed by atoms with E-state index in [1.165, 1.54) is 23.4 Å². The van der Waals surface area contributed by atoms with Crippen LogP contribution in [0.4, 0.5) is 0 Å². The summed E-state index contributed by atoms with van der Waals surface area (Å²) in [6.45, 7) is 7.79. The number of nitrogens with one attached hydrogen (secondary N) is 1. The maximum Gasteiger partial charge on any atom is 0.246 e. The predicted octanol–water partition coefficient (Wildman–Crippen LogP) is 2.95. The Morgan fingerprint density at radius 1 is 1.10 bits per heavy atom. The van der Waals surface area contributed by atoms with Crippen molar-refractivity contribution in [1.82, 2.24) is 25.0 Å². The van der Waals surface area contributed by atoms with Crippen molar-refractivity contribution in [2.75, 3.05) is 26.8 Å². The molecule has 7 nitrogen and oxygen atoms in total. The number of carbonyl (C=O) groups excluding carboxylic acids is 1. The summed E-state index contributed by atoms with van der Waals surface area (Å²) in [5.41, 5.74) is 1.35. The van der Waals surface area contributed by atoms with Gasteiger partial charge in [0.05, 0.1) is 6.04 Å². The molecule has 31 heavy (non-hydrogen) atoms. The molecule has 3 aromatic rings. The maximum atomic E-state index is 12.1. The molecule has 1 N–H and O–H groups in total. The van der Waals surface area contributed by atoms with Crippen LogP contribution < -0.4 is 5.32 Å². The van der Waals surface area contributed by atoms with E-state index < -0.39 is 0 Å². The SMILES string of the molecule is COCC(=O)NC(c1nnc2n1CCN(Cc1cccc3ccccc13)CC2)C(C)C. The number of fused-ring (bicyclic) bond motifs is 2. The third kappa shape index (κ3) is 4.78. The number of nitrogens with zero attached hydrogens (tertiary/aromatic N) is 4. The summed E-state index contributed by atoms with van der Waals surface area (Å²) >= 11 is 0. The number of amides is 1. The zero-order valence-corrected chi connectivity index (χ0v) is 18.5. The molecule has 2 aromatic carbocycles. The molecule has 7 heteroatoms. The fourth-order valence-corrected chi connectivity index (χ4v) is 4.32. The lowest BCUT2D eigenvalue weighted by atomic mass is 10.0. The van der Waals surface area contributed by atoms with Crippen LogP contribution in [0.5, 0.6) is 0 Å². The second-order valence-electron chi connectivity index (χ2n) is 8.51. The van der Waals surface area contributed by atoms with Gasteiger partial charge in [0.1, 0.15) is 12.4 Å². The van der Waals surface area contributed by atoms with E-state index in [0.29, 0.717) is 0 Å². The van der Waals surface area contributed by atoms with Crippen LogP contribution in [0.3, 0.4) is 0 Å². The molecule has 1 aliphatic heterocycles. The van der Waals surface area contributed by atoms with E-state index in [2.05, 4.69) is 81.3 Å². The molecule has 0 aliphatic carbocycles. The summed E-state index contributed by atoms with van der Waals surface area (Å²) in [6.07, 6.45) is 0.842. The molecule has 0 saturated heterocycles. The van der Waals surface area contributed by atoms with Crippen LogP contribution in [0.15, 0.2) is 42.5 Å². The van der Waals surface area contributed by atoms with Gasteiger partial charge in [-0.2, -0.15) is 0 Å². The molecule has 164 valence electrons. The van der Waals surface area contributed by atoms with Gasteiger partial charge >= 0.3 is 0 Å². The van der Waals surface area contributed by atoms with E-state index in [1.807, 2.05) is 0 Å². The zero-order chi connectivity index (χ0) is 21.8. The highest BCUT2D eigenvalue weighted by Gasteiger charge is 2.27. The second kappa shape index (κ2) is 9.58. The normalized spacial score (nSPS) is 15.6. The van der Waals surface area contributed by atoms with Crippen LogP contribution in [0, 0.1) is 5.92 Å². The molecule has 0 radical (unpaired) electrons. The molecule has 0 saturated carbocycles. The third-order valence-corrected chi connectivity index (χ3v) is 5.96. The first-order valence-electron chi connectivity index (χ1n) is 11.0. The molecule has 1 unspecified atom stereocenters. The lowest BCUT2D eigenvalue weighted by molar-refractivity contribution is -0.125. The molecule has 1 aliphatic rings. The molecule has 0 bridgehead atoms. The lowest BCUT2D eigenvalue weighted by Gasteiger charge is -2.23. The Morgan fingerprint density at radius 2 is 1.90 bits per heavy atom. The Bertz CT molecular complexity index is 1040. The Kier molecular flexibility index (Phi) is 6.63. The minimum atomic E-state index is -0.187. The van der Waals surface area contributed by atoms with E-state index >= 15 is 0 Å². The first-order chi connectivity index (χ1) is 15.1. The Labute approximate surface area is 183 Å². The number of benzene rings is 2. The van der Waals surface area contributed by atoms with E-state index in [-0.39, 0.29) is 24.5 Å². The van der Waals surface area contributed by atoms with Crippen LogP contribution in [0.1, 0.15) is 37.1 Å². The van der Waals surface area contributed by atoms with Gasteiger partial charge in [-0.25, -0.2) is 0 Å². The van der Waals surface area contributed by atoms with Gasteiger partial charge in [0.15, 0.2) is 5.82 Å². The minimum Gasteiger partial charge on any atom is -0.375 e. The second-order valence-corrected chi connectivity index (χ2v) is 8.51. The smallest absolute Gasteiger partial charge is 0.246 e. The van der Waals surface area contributed by atoms with Crippen molar-refractivity contribution in [3.63, 3.8) is 0 Å². The van der Waals surface area contributed by atoms with Crippen molar-refractivity contribution in [3.05, 3.63) is 59.7 Å². The number of hydrogen-bond donors (Lipinski definition) is 1. The summed E-state index contributed by atoms with van der Waals surface area (Å²) < 4.78 is 7.17. The van der Waals surface area contributed by atoms with Crippen LogP contribution >= 0.6 is 0 Å². The van der Waals surface area contributed by atoms with Gasteiger partial charge in [0.25, 0.3) is 0 Å². The van der Waals surface area contributed by atoms with Gasteiger partial charge in [-0.1, -0.05) is 56.3 Å². The highest BCUT2D eigenvalue weighted by Crippen LogP contribution is 2.24. The van der Waals surface area contributed by atoms with Gasteiger partial charge < -0.3 is 14.6 Å². The molecular formula is C24H31N5O2. The summed E-state index contributed by atoms with van der Waals surface area (Å²) in [4.78, 5) is 14.6. The zero-order valence-electron chi connectivity index (χ0n) is 18.5. The lowest BCUT2D eigenvalue weighted by Crippen LogP contribution is -2.36. The number of aromatic nitrogens is 3. The van der Waals surface area contributed by atoms with E-state index in [4.69, 9.17) is 4.74 Å².